The quantitative estimate of drug-likeness (QED) is 0.843. The second-order valence-corrected chi connectivity index (χ2v) is 4.79. The topological polar surface area (TPSA) is 55.1 Å². The zero-order valence-electron chi connectivity index (χ0n) is 11.5. The molecular formula is C16H17FN2O. The van der Waals surface area contributed by atoms with E-state index in [9.17, 15) is 9.18 Å². The molecule has 2 aromatic carbocycles. The van der Waals surface area contributed by atoms with Crippen LogP contribution in [-0.2, 0) is 0 Å². The van der Waals surface area contributed by atoms with Gasteiger partial charge in [-0.05, 0) is 37.6 Å². The van der Waals surface area contributed by atoms with Gasteiger partial charge in [-0.15, -0.1) is 0 Å². The fraction of sp³-hybridized carbons (Fsp3) is 0.188. The summed E-state index contributed by atoms with van der Waals surface area (Å²) in [5.74, 6) is -0.588. The van der Waals surface area contributed by atoms with Gasteiger partial charge in [0.05, 0.1) is 6.04 Å². The van der Waals surface area contributed by atoms with Crippen molar-refractivity contribution in [2.24, 2.45) is 0 Å². The molecule has 2 aromatic rings. The van der Waals surface area contributed by atoms with Gasteiger partial charge in [0, 0.05) is 16.8 Å². The Balaban J connectivity index is 2.20. The zero-order valence-corrected chi connectivity index (χ0v) is 11.5. The van der Waals surface area contributed by atoms with Gasteiger partial charge in [-0.25, -0.2) is 4.39 Å². The van der Waals surface area contributed by atoms with Crippen LogP contribution >= 0.6 is 0 Å². The van der Waals surface area contributed by atoms with Crippen LogP contribution in [0.4, 0.5) is 10.1 Å². The third-order valence-electron chi connectivity index (χ3n) is 3.23. The molecule has 4 heteroatoms. The van der Waals surface area contributed by atoms with Gasteiger partial charge < -0.3 is 11.1 Å². The number of hydrogen-bond donors (Lipinski definition) is 2. The summed E-state index contributed by atoms with van der Waals surface area (Å²) in [6, 6.07) is 11.1. The molecule has 3 N–H and O–H groups in total. The summed E-state index contributed by atoms with van der Waals surface area (Å²) in [5, 5.41) is 2.79. The predicted molar refractivity (Wildman–Crippen MR) is 77.9 cm³/mol. The number of aryl methyl sites for hydroxylation is 1. The largest absolute Gasteiger partial charge is 0.399 e. The van der Waals surface area contributed by atoms with Crippen LogP contribution in [0.15, 0.2) is 42.5 Å². The highest BCUT2D eigenvalue weighted by molar-refractivity contribution is 5.96. The standard InChI is InChI=1S/C16H17FN2O/c1-10-7-8-12(18)9-14(10)16(20)19-11(2)13-5-3-4-6-15(13)17/h3-9,11H,18H2,1-2H3,(H,19,20). The van der Waals surface area contributed by atoms with Crippen LogP contribution in [0.5, 0.6) is 0 Å². The van der Waals surface area contributed by atoms with E-state index in [4.69, 9.17) is 5.73 Å². The molecule has 0 heterocycles. The first-order valence-electron chi connectivity index (χ1n) is 6.40. The monoisotopic (exact) mass is 272 g/mol. The van der Waals surface area contributed by atoms with Gasteiger partial charge in [-0.2, -0.15) is 0 Å². The van der Waals surface area contributed by atoms with Gasteiger partial charge in [0.25, 0.3) is 5.91 Å². The van der Waals surface area contributed by atoms with Gasteiger partial charge in [0.2, 0.25) is 0 Å². The number of nitrogen functional groups attached to an aromatic ring is 1. The van der Waals surface area contributed by atoms with Crippen LogP contribution < -0.4 is 11.1 Å². The van der Waals surface area contributed by atoms with Gasteiger partial charge in [0.15, 0.2) is 0 Å². The third kappa shape index (κ3) is 2.96. The highest BCUT2D eigenvalue weighted by Gasteiger charge is 2.15. The summed E-state index contributed by atoms with van der Waals surface area (Å²) in [5.41, 5.74) is 8.02. The minimum atomic E-state index is -0.412. The van der Waals surface area contributed by atoms with E-state index in [0.29, 0.717) is 16.8 Å². The van der Waals surface area contributed by atoms with Gasteiger partial charge >= 0.3 is 0 Å². The lowest BCUT2D eigenvalue weighted by molar-refractivity contribution is 0.0939. The number of hydrogen-bond acceptors (Lipinski definition) is 2. The average Bonchev–Trinajstić information content (AvgIpc) is 2.41. The number of carbonyl (C=O) groups is 1. The molecule has 0 aliphatic carbocycles. The molecular weight excluding hydrogens is 255 g/mol. The van der Waals surface area contributed by atoms with Gasteiger partial charge in [-0.3, -0.25) is 4.79 Å². The second-order valence-electron chi connectivity index (χ2n) is 4.79. The maximum atomic E-state index is 13.7. The number of nitrogens with two attached hydrogens (primary N) is 1. The number of nitrogens with one attached hydrogen (secondary N) is 1. The van der Waals surface area contributed by atoms with Crippen molar-refractivity contribution in [3.63, 3.8) is 0 Å². The summed E-state index contributed by atoms with van der Waals surface area (Å²) in [6.07, 6.45) is 0. The Morgan fingerprint density at radius 3 is 2.65 bits per heavy atom. The Bertz CT molecular complexity index is 640. The van der Waals surface area contributed by atoms with Crippen molar-refractivity contribution in [3.8, 4) is 0 Å². The first-order chi connectivity index (χ1) is 9.49. The molecule has 0 radical (unpaired) electrons. The summed E-state index contributed by atoms with van der Waals surface area (Å²) >= 11 is 0. The Hall–Kier alpha value is -2.36. The summed E-state index contributed by atoms with van der Waals surface area (Å²) in [6.45, 7) is 3.58. The number of carbonyl (C=O) groups excluding carboxylic acids is 1. The van der Waals surface area contributed by atoms with E-state index in [1.54, 1.807) is 43.3 Å². The molecule has 2 rings (SSSR count). The van der Waals surface area contributed by atoms with E-state index in [1.807, 2.05) is 6.92 Å². The lowest BCUT2D eigenvalue weighted by Crippen LogP contribution is -2.27. The van der Waals surface area contributed by atoms with E-state index in [0.717, 1.165) is 5.56 Å². The Labute approximate surface area is 117 Å². The van der Waals surface area contributed by atoms with Crippen molar-refractivity contribution in [1.82, 2.24) is 5.32 Å². The van der Waals surface area contributed by atoms with Crippen LogP contribution in [0, 0.1) is 12.7 Å². The molecule has 0 saturated carbocycles. The number of amides is 1. The SMILES string of the molecule is Cc1ccc(N)cc1C(=O)NC(C)c1ccccc1F. The second kappa shape index (κ2) is 5.74. The summed E-state index contributed by atoms with van der Waals surface area (Å²) < 4.78 is 13.7. The molecule has 1 unspecified atom stereocenters. The Morgan fingerprint density at radius 2 is 1.95 bits per heavy atom. The molecule has 104 valence electrons. The zero-order chi connectivity index (χ0) is 14.7. The highest BCUT2D eigenvalue weighted by Crippen LogP contribution is 2.18. The third-order valence-corrected chi connectivity index (χ3v) is 3.23. The molecule has 0 aromatic heterocycles. The van der Waals surface area contributed by atoms with E-state index in [1.165, 1.54) is 6.07 Å². The van der Waals surface area contributed by atoms with Crippen molar-refractivity contribution >= 4 is 11.6 Å². The van der Waals surface area contributed by atoms with Crippen molar-refractivity contribution < 1.29 is 9.18 Å². The predicted octanol–water partition coefficient (Wildman–Crippen LogP) is 3.21. The van der Waals surface area contributed by atoms with Gasteiger partial charge in [-0.1, -0.05) is 24.3 Å². The summed E-state index contributed by atoms with van der Waals surface area (Å²) in [4.78, 5) is 12.2. The fourth-order valence-electron chi connectivity index (χ4n) is 2.06. The van der Waals surface area contributed by atoms with E-state index in [-0.39, 0.29) is 11.7 Å². The van der Waals surface area contributed by atoms with Crippen LogP contribution in [0.1, 0.15) is 34.5 Å². The van der Waals surface area contributed by atoms with Crippen LogP contribution in [0.25, 0.3) is 0 Å². The van der Waals surface area contributed by atoms with E-state index < -0.39 is 6.04 Å². The Kier molecular flexibility index (Phi) is 4.03. The first kappa shape index (κ1) is 14.1. The molecule has 1 amide bonds. The molecule has 0 bridgehead atoms. The van der Waals surface area contributed by atoms with Crippen molar-refractivity contribution in [2.45, 2.75) is 19.9 Å². The van der Waals surface area contributed by atoms with Crippen molar-refractivity contribution in [3.05, 3.63) is 65.0 Å². The van der Waals surface area contributed by atoms with E-state index >= 15 is 0 Å². The Morgan fingerprint density at radius 1 is 1.25 bits per heavy atom. The molecule has 1 atom stereocenters. The molecule has 0 fully saturated rings. The maximum Gasteiger partial charge on any atom is 0.252 e. The normalized spacial score (nSPS) is 11.9. The average molecular weight is 272 g/mol. The highest BCUT2D eigenvalue weighted by atomic mass is 19.1. The van der Waals surface area contributed by atoms with Crippen LogP contribution in [0.3, 0.4) is 0 Å². The lowest BCUT2D eigenvalue weighted by Gasteiger charge is -2.16. The lowest BCUT2D eigenvalue weighted by atomic mass is 10.0. The van der Waals surface area contributed by atoms with Crippen molar-refractivity contribution in [1.29, 1.82) is 0 Å². The first-order valence-corrected chi connectivity index (χ1v) is 6.40. The number of benzene rings is 2. The summed E-state index contributed by atoms with van der Waals surface area (Å²) in [7, 11) is 0. The van der Waals surface area contributed by atoms with Crippen LogP contribution in [0.2, 0.25) is 0 Å². The fourth-order valence-corrected chi connectivity index (χ4v) is 2.06. The number of rotatable bonds is 3. The van der Waals surface area contributed by atoms with E-state index in [2.05, 4.69) is 5.32 Å². The number of anilines is 1. The maximum absolute atomic E-state index is 13.7. The molecule has 20 heavy (non-hydrogen) atoms. The van der Waals surface area contributed by atoms with Crippen molar-refractivity contribution in [2.75, 3.05) is 5.73 Å². The minimum Gasteiger partial charge on any atom is -0.399 e. The molecule has 0 aliphatic rings. The van der Waals surface area contributed by atoms with Gasteiger partial charge in [0.1, 0.15) is 5.82 Å². The molecule has 3 nitrogen and oxygen atoms in total. The smallest absolute Gasteiger partial charge is 0.252 e. The number of halogens is 1. The minimum absolute atomic E-state index is 0.259. The molecule has 0 spiro atoms. The van der Waals surface area contributed by atoms with Crippen LogP contribution in [-0.4, -0.2) is 5.91 Å². The molecule has 0 aliphatic heterocycles. The molecule has 0 saturated heterocycles.